The number of aromatic nitrogens is 3. The van der Waals surface area contributed by atoms with Crippen molar-refractivity contribution in [1.29, 1.82) is 0 Å². The number of hydrogen-bond donors (Lipinski definition) is 0. The molecular weight excluding hydrogens is 318 g/mol. The molecule has 102 valence electrons. The van der Waals surface area contributed by atoms with Gasteiger partial charge in [-0.2, -0.15) is 0 Å². The number of benzene rings is 1. The minimum absolute atomic E-state index is 0.788. The summed E-state index contributed by atoms with van der Waals surface area (Å²) < 4.78 is 10.4. The van der Waals surface area contributed by atoms with Gasteiger partial charge in [-0.1, -0.05) is 12.1 Å². The summed E-state index contributed by atoms with van der Waals surface area (Å²) in [6.45, 7) is 0.788. The lowest BCUT2D eigenvalue weighted by Crippen LogP contribution is -2.33. The maximum absolute atomic E-state index is 5.18. The Hall–Kier alpha value is -1.88. The zero-order valence-electron chi connectivity index (χ0n) is 11.4. The number of rotatable bonds is 3. The molecule has 20 heavy (non-hydrogen) atoms. The van der Waals surface area contributed by atoms with Crippen molar-refractivity contribution in [2.24, 2.45) is 7.05 Å². The highest BCUT2D eigenvalue weighted by Gasteiger charge is 2.15. The number of methoxy groups -OCH3 is 1. The van der Waals surface area contributed by atoms with E-state index in [9.17, 15) is 0 Å². The van der Waals surface area contributed by atoms with Crippen LogP contribution in [0.3, 0.4) is 0 Å². The van der Waals surface area contributed by atoms with Crippen LogP contribution in [0.25, 0.3) is 11.2 Å². The molecule has 0 saturated heterocycles. The Labute approximate surface area is 125 Å². The van der Waals surface area contributed by atoms with E-state index >= 15 is 0 Å². The van der Waals surface area contributed by atoms with Gasteiger partial charge in [0.1, 0.15) is 11.9 Å². The van der Waals surface area contributed by atoms with Gasteiger partial charge in [0, 0.05) is 6.07 Å². The van der Waals surface area contributed by atoms with Gasteiger partial charge in [-0.3, -0.25) is 4.57 Å². The fraction of sp³-hybridized carbons (Fsp3) is 0.200. The Balaban J connectivity index is 1.97. The Kier molecular flexibility index (Phi) is 3.44. The van der Waals surface area contributed by atoms with Gasteiger partial charge in [0.2, 0.25) is 0 Å². The van der Waals surface area contributed by atoms with Crippen molar-refractivity contribution < 1.29 is 9.30 Å². The van der Waals surface area contributed by atoms with E-state index < -0.39 is 0 Å². The molecule has 0 radical (unpaired) electrons. The average Bonchev–Trinajstić information content (AvgIpc) is 2.76. The van der Waals surface area contributed by atoms with Gasteiger partial charge in [0.05, 0.1) is 25.2 Å². The Morgan fingerprint density at radius 1 is 1.30 bits per heavy atom. The highest BCUT2D eigenvalue weighted by Crippen LogP contribution is 2.16. The topological polar surface area (TPSA) is 30.9 Å². The fourth-order valence-electron chi connectivity index (χ4n) is 2.27. The number of imidazole rings is 1. The summed E-state index contributed by atoms with van der Waals surface area (Å²) in [5.41, 5.74) is 3.30. The lowest BCUT2D eigenvalue weighted by atomic mass is 10.2. The quantitative estimate of drug-likeness (QED) is 0.690. The molecular formula is C15H15BrN3O+. The van der Waals surface area contributed by atoms with Crippen molar-refractivity contribution in [3.05, 3.63) is 52.9 Å². The van der Waals surface area contributed by atoms with Gasteiger partial charge in [-0.25, -0.2) is 4.57 Å². The molecule has 0 aliphatic carbocycles. The third-order valence-corrected chi connectivity index (χ3v) is 3.72. The zero-order valence-corrected chi connectivity index (χ0v) is 13.0. The normalized spacial score (nSPS) is 10.9. The summed E-state index contributed by atoms with van der Waals surface area (Å²) in [6, 6.07) is 10.2. The van der Waals surface area contributed by atoms with Gasteiger partial charge in [0.15, 0.2) is 11.8 Å². The molecule has 0 bridgehead atoms. The second-order valence-electron chi connectivity index (χ2n) is 4.70. The minimum Gasteiger partial charge on any atom is -0.497 e. The Bertz CT molecular complexity index is 750. The molecule has 0 spiro atoms. The average molecular weight is 333 g/mol. The van der Waals surface area contributed by atoms with Crippen molar-refractivity contribution in [3.8, 4) is 5.75 Å². The largest absolute Gasteiger partial charge is 0.497 e. The number of nitrogens with zero attached hydrogens (tertiary/aromatic N) is 3. The number of ether oxygens (including phenoxy) is 1. The number of hydrogen-bond acceptors (Lipinski definition) is 2. The molecule has 2 heterocycles. The zero-order chi connectivity index (χ0) is 14.1. The van der Waals surface area contributed by atoms with Crippen molar-refractivity contribution in [2.45, 2.75) is 6.54 Å². The SMILES string of the molecule is COc1ccc(C[n+]2cn(C)c3cc(Br)cnc32)cc1. The van der Waals surface area contributed by atoms with Crippen LogP contribution in [0.1, 0.15) is 5.56 Å². The summed E-state index contributed by atoms with van der Waals surface area (Å²) in [6.07, 6.45) is 3.89. The fourth-order valence-corrected chi connectivity index (χ4v) is 2.59. The van der Waals surface area contributed by atoms with E-state index in [0.29, 0.717) is 0 Å². The van der Waals surface area contributed by atoms with Crippen LogP contribution in [0.5, 0.6) is 5.75 Å². The summed E-state index contributed by atoms with van der Waals surface area (Å²) >= 11 is 3.46. The molecule has 1 aromatic carbocycles. The lowest BCUT2D eigenvalue weighted by molar-refractivity contribution is -0.665. The molecule has 3 aromatic rings. The summed E-state index contributed by atoms with van der Waals surface area (Å²) in [5.74, 6) is 0.874. The second kappa shape index (κ2) is 5.25. The highest BCUT2D eigenvalue weighted by atomic mass is 79.9. The van der Waals surface area contributed by atoms with Crippen LogP contribution in [-0.4, -0.2) is 16.7 Å². The van der Waals surface area contributed by atoms with E-state index in [-0.39, 0.29) is 0 Å². The first-order valence-electron chi connectivity index (χ1n) is 6.30. The van der Waals surface area contributed by atoms with Crippen LogP contribution in [-0.2, 0) is 13.6 Å². The summed E-state index contributed by atoms with van der Waals surface area (Å²) in [4.78, 5) is 4.50. The molecule has 5 heteroatoms. The van der Waals surface area contributed by atoms with Gasteiger partial charge < -0.3 is 4.74 Å². The van der Waals surface area contributed by atoms with E-state index in [4.69, 9.17) is 4.74 Å². The Morgan fingerprint density at radius 2 is 2.05 bits per heavy atom. The number of halogens is 1. The van der Waals surface area contributed by atoms with E-state index in [2.05, 4.69) is 54.6 Å². The van der Waals surface area contributed by atoms with Gasteiger partial charge >= 0.3 is 5.65 Å². The molecule has 4 nitrogen and oxygen atoms in total. The van der Waals surface area contributed by atoms with Gasteiger partial charge in [0.25, 0.3) is 0 Å². The first-order chi connectivity index (χ1) is 9.67. The van der Waals surface area contributed by atoms with E-state index in [1.54, 1.807) is 7.11 Å². The van der Waals surface area contributed by atoms with Crippen LogP contribution in [0.15, 0.2) is 47.3 Å². The van der Waals surface area contributed by atoms with Crippen molar-refractivity contribution in [1.82, 2.24) is 9.55 Å². The van der Waals surface area contributed by atoms with Crippen LogP contribution >= 0.6 is 15.9 Å². The smallest absolute Gasteiger partial charge is 0.301 e. The molecule has 0 saturated carbocycles. The molecule has 0 fully saturated rings. The van der Waals surface area contributed by atoms with Gasteiger partial charge in [-0.15, -0.1) is 4.98 Å². The third kappa shape index (κ3) is 2.41. The third-order valence-electron chi connectivity index (χ3n) is 3.29. The number of pyridine rings is 1. The molecule has 0 aliphatic heterocycles. The monoisotopic (exact) mass is 332 g/mol. The van der Waals surface area contributed by atoms with Gasteiger partial charge in [-0.05, 0) is 33.6 Å². The lowest BCUT2D eigenvalue weighted by Gasteiger charge is -2.02. The predicted molar refractivity (Wildman–Crippen MR) is 80.7 cm³/mol. The molecule has 2 aromatic heterocycles. The van der Waals surface area contributed by atoms with Crippen LogP contribution < -0.4 is 9.30 Å². The standard InChI is InChI=1S/C15H15BrN3O/c1-18-10-19(15-14(18)7-12(16)8-17-15)9-11-3-5-13(20-2)6-4-11/h3-8,10H,9H2,1-2H3/q+1. The van der Waals surface area contributed by atoms with E-state index in [1.807, 2.05) is 25.4 Å². The van der Waals surface area contributed by atoms with Crippen LogP contribution in [0.2, 0.25) is 0 Å². The summed E-state index contributed by atoms with van der Waals surface area (Å²) in [7, 11) is 3.71. The van der Waals surface area contributed by atoms with E-state index in [1.165, 1.54) is 5.56 Å². The first-order valence-corrected chi connectivity index (χ1v) is 7.09. The molecule has 0 atom stereocenters. The van der Waals surface area contributed by atoms with Crippen LogP contribution in [0, 0.1) is 0 Å². The van der Waals surface area contributed by atoms with Crippen molar-refractivity contribution in [2.75, 3.05) is 7.11 Å². The highest BCUT2D eigenvalue weighted by molar-refractivity contribution is 9.10. The van der Waals surface area contributed by atoms with Crippen molar-refractivity contribution in [3.63, 3.8) is 0 Å². The van der Waals surface area contributed by atoms with Crippen molar-refractivity contribution >= 4 is 27.1 Å². The maximum Gasteiger partial charge on any atom is 0.301 e. The molecule has 3 rings (SSSR count). The summed E-state index contributed by atoms with van der Waals surface area (Å²) in [5, 5.41) is 0. The molecule has 0 unspecified atom stereocenters. The first kappa shape index (κ1) is 13.1. The minimum atomic E-state index is 0.788. The Morgan fingerprint density at radius 3 is 2.75 bits per heavy atom. The molecule has 0 amide bonds. The maximum atomic E-state index is 5.18. The van der Waals surface area contributed by atoms with E-state index in [0.717, 1.165) is 27.9 Å². The number of fused-ring (bicyclic) bond motifs is 1. The predicted octanol–water partition coefficient (Wildman–Crippen LogP) is 2.68. The number of aryl methyl sites for hydroxylation is 1. The molecule has 0 N–H and O–H groups in total. The van der Waals surface area contributed by atoms with Crippen LogP contribution in [0.4, 0.5) is 0 Å². The second-order valence-corrected chi connectivity index (χ2v) is 5.61. The molecule has 0 aliphatic rings.